The van der Waals surface area contributed by atoms with Gasteiger partial charge in [-0.05, 0) is 86.8 Å². The van der Waals surface area contributed by atoms with Gasteiger partial charge in [-0.1, -0.05) is 91.9 Å². The van der Waals surface area contributed by atoms with Crippen molar-refractivity contribution in [2.24, 2.45) is 0 Å². The third-order valence-electron chi connectivity index (χ3n) is 5.97. The van der Waals surface area contributed by atoms with Crippen LogP contribution in [0.2, 0.25) is 0 Å². The summed E-state index contributed by atoms with van der Waals surface area (Å²) in [5.41, 5.74) is 5.84. The van der Waals surface area contributed by atoms with Crippen LogP contribution in [0.15, 0.2) is 84.9 Å². The lowest BCUT2D eigenvalue weighted by Crippen LogP contribution is -2.26. The molecule has 0 atom stereocenters. The zero-order valence-electron chi connectivity index (χ0n) is 18.6. The van der Waals surface area contributed by atoms with Crippen molar-refractivity contribution in [3.8, 4) is 0 Å². The van der Waals surface area contributed by atoms with Crippen LogP contribution in [0.1, 0.15) is 48.4 Å². The lowest BCUT2D eigenvalue weighted by molar-refractivity contribution is 0.281. The van der Waals surface area contributed by atoms with Gasteiger partial charge in [0.05, 0.1) is 0 Å². The molecule has 0 fully saturated rings. The molecular weight excluding hydrogens is 362 g/mol. The van der Waals surface area contributed by atoms with Crippen LogP contribution >= 0.6 is 0 Å². The zero-order valence-corrected chi connectivity index (χ0v) is 18.6. The molecule has 0 aliphatic heterocycles. The second-order valence-corrected chi connectivity index (χ2v) is 8.28. The molecule has 0 heterocycles. The number of nitrogens with zero attached hydrogens (tertiary/aromatic N) is 1. The normalized spacial score (nSPS) is 11.1. The molecule has 0 bridgehead atoms. The van der Waals surface area contributed by atoms with Crippen molar-refractivity contribution in [1.82, 2.24) is 4.90 Å². The summed E-state index contributed by atoms with van der Waals surface area (Å²) in [5, 5.41) is 0. The lowest BCUT2D eigenvalue weighted by Gasteiger charge is -2.20. The van der Waals surface area contributed by atoms with Gasteiger partial charge >= 0.3 is 0 Å². The Morgan fingerprint density at radius 1 is 0.467 bits per heavy atom. The molecule has 0 N–H and O–H groups in total. The number of benzene rings is 3. The van der Waals surface area contributed by atoms with E-state index in [4.69, 9.17) is 0 Å². The minimum Gasteiger partial charge on any atom is -0.304 e. The van der Waals surface area contributed by atoms with Crippen LogP contribution in [0, 0.1) is 0 Å². The van der Waals surface area contributed by atoms with Crippen LogP contribution in [0.4, 0.5) is 0 Å². The van der Waals surface area contributed by atoms with Crippen molar-refractivity contribution in [3.05, 3.63) is 107 Å². The van der Waals surface area contributed by atoms with Crippen LogP contribution in [0.5, 0.6) is 0 Å². The van der Waals surface area contributed by atoms with Crippen LogP contribution in [-0.4, -0.2) is 24.5 Å². The molecule has 3 aromatic carbocycles. The van der Waals surface area contributed by atoms with E-state index >= 15 is 0 Å². The number of rotatable bonds is 13. The fourth-order valence-electron chi connectivity index (χ4n) is 4.10. The van der Waals surface area contributed by atoms with E-state index in [0.717, 1.165) is 6.54 Å². The van der Waals surface area contributed by atoms with Crippen molar-refractivity contribution >= 4 is 0 Å². The fraction of sp³-hybridized carbons (Fsp3) is 0.379. The lowest BCUT2D eigenvalue weighted by atomic mass is 10.0. The van der Waals surface area contributed by atoms with Gasteiger partial charge in [0.15, 0.2) is 0 Å². The summed E-state index contributed by atoms with van der Waals surface area (Å²) in [5.74, 6) is 0. The maximum atomic E-state index is 2.60. The van der Waals surface area contributed by atoms with Gasteiger partial charge in [0.2, 0.25) is 0 Å². The summed E-state index contributed by atoms with van der Waals surface area (Å²) in [6, 6.07) is 31.0. The van der Waals surface area contributed by atoms with E-state index in [1.165, 1.54) is 80.3 Å². The van der Waals surface area contributed by atoms with Crippen molar-refractivity contribution in [1.29, 1.82) is 0 Å². The topological polar surface area (TPSA) is 3.24 Å². The van der Waals surface area contributed by atoms with Crippen LogP contribution in [0.25, 0.3) is 0 Å². The van der Waals surface area contributed by atoms with E-state index in [-0.39, 0.29) is 0 Å². The quantitative estimate of drug-likeness (QED) is 0.307. The number of hydrogen-bond donors (Lipinski definition) is 0. The predicted molar refractivity (Wildman–Crippen MR) is 130 cm³/mol. The SMILES string of the molecule is CCN(CCCc1ccccc1)CCCc1ccc(CCCc2ccccc2)cc1. The Morgan fingerprint density at radius 3 is 1.23 bits per heavy atom. The molecule has 3 rings (SSSR count). The maximum Gasteiger partial charge on any atom is -0.00157 e. The fourth-order valence-corrected chi connectivity index (χ4v) is 4.10. The van der Waals surface area contributed by atoms with Gasteiger partial charge in [-0.25, -0.2) is 0 Å². The van der Waals surface area contributed by atoms with E-state index in [1.807, 2.05) is 0 Å². The summed E-state index contributed by atoms with van der Waals surface area (Å²) in [7, 11) is 0. The van der Waals surface area contributed by atoms with Crippen molar-refractivity contribution < 1.29 is 0 Å². The molecule has 0 radical (unpaired) electrons. The molecule has 0 aromatic heterocycles. The van der Waals surface area contributed by atoms with Gasteiger partial charge in [0.1, 0.15) is 0 Å². The highest BCUT2D eigenvalue weighted by molar-refractivity contribution is 5.23. The number of hydrogen-bond acceptors (Lipinski definition) is 1. The van der Waals surface area contributed by atoms with E-state index < -0.39 is 0 Å². The third-order valence-corrected chi connectivity index (χ3v) is 5.97. The first-order valence-corrected chi connectivity index (χ1v) is 11.7. The molecule has 0 spiro atoms. The summed E-state index contributed by atoms with van der Waals surface area (Å²) < 4.78 is 0. The van der Waals surface area contributed by atoms with E-state index in [2.05, 4.69) is 96.8 Å². The van der Waals surface area contributed by atoms with Crippen molar-refractivity contribution in [2.75, 3.05) is 19.6 Å². The highest BCUT2D eigenvalue weighted by Gasteiger charge is 2.03. The Kier molecular flexibility index (Phi) is 9.69. The smallest absolute Gasteiger partial charge is 0.00157 e. The Bertz CT molecular complexity index is 808. The zero-order chi connectivity index (χ0) is 20.9. The molecule has 0 amide bonds. The highest BCUT2D eigenvalue weighted by atomic mass is 15.1. The first-order valence-electron chi connectivity index (χ1n) is 11.7. The maximum absolute atomic E-state index is 2.60. The molecule has 3 aromatic rings. The van der Waals surface area contributed by atoms with Crippen LogP contribution < -0.4 is 0 Å². The monoisotopic (exact) mass is 399 g/mol. The highest BCUT2D eigenvalue weighted by Crippen LogP contribution is 2.12. The molecule has 0 aliphatic carbocycles. The summed E-state index contributed by atoms with van der Waals surface area (Å²) in [6.45, 7) is 5.83. The molecule has 0 aliphatic rings. The average Bonchev–Trinajstić information content (AvgIpc) is 2.80. The number of aryl methyl sites for hydroxylation is 4. The van der Waals surface area contributed by atoms with Gasteiger partial charge in [-0.2, -0.15) is 0 Å². The van der Waals surface area contributed by atoms with Crippen LogP contribution in [0.3, 0.4) is 0 Å². The largest absolute Gasteiger partial charge is 0.304 e. The Morgan fingerprint density at radius 2 is 0.833 bits per heavy atom. The standard InChI is InChI=1S/C29H37N/c1-2-30(24-10-18-27-14-7-4-8-15-27)25-11-19-29-22-20-28(21-23-29)17-9-16-26-12-5-3-6-13-26/h3-8,12-15,20-23H,2,9-11,16-19,24-25H2,1H3. The summed E-state index contributed by atoms with van der Waals surface area (Å²) in [6.07, 6.45) is 8.41. The van der Waals surface area contributed by atoms with Crippen molar-refractivity contribution in [2.45, 2.75) is 51.9 Å². The van der Waals surface area contributed by atoms with Crippen LogP contribution in [-0.2, 0) is 25.7 Å². The van der Waals surface area contributed by atoms with Gasteiger partial charge in [0.25, 0.3) is 0 Å². The molecule has 1 heteroatoms. The summed E-state index contributed by atoms with van der Waals surface area (Å²) >= 11 is 0. The average molecular weight is 400 g/mol. The molecule has 1 nitrogen and oxygen atoms in total. The minimum atomic E-state index is 1.15. The Balaban J connectivity index is 1.31. The molecule has 0 saturated heterocycles. The van der Waals surface area contributed by atoms with E-state index in [9.17, 15) is 0 Å². The summed E-state index contributed by atoms with van der Waals surface area (Å²) in [4.78, 5) is 2.60. The molecular formula is C29H37N. The molecule has 0 saturated carbocycles. The van der Waals surface area contributed by atoms with Gasteiger partial charge in [-0.3, -0.25) is 0 Å². The molecule has 158 valence electrons. The first kappa shape index (κ1) is 22.3. The third kappa shape index (κ3) is 8.16. The molecule has 0 unspecified atom stereocenters. The first-order chi connectivity index (χ1) is 14.8. The van der Waals surface area contributed by atoms with Gasteiger partial charge in [0, 0.05) is 0 Å². The van der Waals surface area contributed by atoms with Gasteiger partial charge < -0.3 is 4.90 Å². The molecule has 30 heavy (non-hydrogen) atoms. The minimum absolute atomic E-state index is 1.15. The Labute approximate surface area is 183 Å². The van der Waals surface area contributed by atoms with Gasteiger partial charge in [-0.15, -0.1) is 0 Å². The van der Waals surface area contributed by atoms with E-state index in [1.54, 1.807) is 0 Å². The second-order valence-electron chi connectivity index (χ2n) is 8.28. The Hall–Kier alpha value is -2.38. The van der Waals surface area contributed by atoms with Crippen molar-refractivity contribution in [3.63, 3.8) is 0 Å². The predicted octanol–water partition coefficient (Wildman–Crippen LogP) is 6.75. The van der Waals surface area contributed by atoms with E-state index in [0.29, 0.717) is 0 Å². The second kappa shape index (κ2) is 13.0.